The van der Waals surface area contributed by atoms with Gasteiger partial charge in [-0.15, -0.1) is 0 Å². The van der Waals surface area contributed by atoms with E-state index in [1.165, 1.54) is 0 Å². The highest BCUT2D eigenvalue weighted by Crippen LogP contribution is 2.54. The van der Waals surface area contributed by atoms with Gasteiger partial charge >= 0.3 is 6.09 Å². The third kappa shape index (κ3) is 8.53. The number of carbonyl (C=O) groups excluding carboxylic acids is 1. The van der Waals surface area contributed by atoms with Gasteiger partial charge in [0.25, 0.3) is 0 Å². The number of phenols is 1. The van der Waals surface area contributed by atoms with E-state index in [1.807, 2.05) is 51.1 Å². The zero-order valence-corrected chi connectivity index (χ0v) is 37.2. The first-order valence-electron chi connectivity index (χ1n) is 21.1. The number of phenolic OH excluding ortho intramolecular Hbond substituents is 1. The first-order chi connectivity index (χ1) is 27.9. The number of hydrogen-bond donors (Lipinski definition) is 1. The van der Waals surface area contributed by atoms with Gasteiger partial charge in [0.1, 0.15) is 29.0 Å². The molecule has 4 aliphatic rings. The standard InChI is InChI=1S/C48H59FN4O5Si/c1-47(2,3)58-46(55)53(43-32-20-21-33(43)25-32)44-37(19-14-24-57-59(8,9)48(4,5)6)45(56-29-34-17-13-23-52(34)7)51-42-39(44)27-31(16-12-22-50)40(41(42)49)38-28-35(54)26-30-15-10-11-18-36(30)38/h10-11,15,18,26-28,32-34,43,54H,12-13,16-17,20-21,23-25,29H2,1-9H3/t32?,33?,34-,43?/m0/s1. The molecule has 3 aliphatic carbocycles. The Labute approximate surface area is 350 Å². The second kappa shape index (κ2) is 16.4. The van der Waals surface area contributed by atoms with Gasteiger partial charge < -0.3 is 23.9 Å². The molecule has 9 nitrogen and oxygen atoms in total. The van der Waals surface area contributed by atoms with Crippen LogP contribution in [-0.4, -0.2) is 73.9 Å². The number of likely N-dealkylation sites (tertiary alicyclic amines) is 1. The SMILES string of the molecule is CN1CCC[C@H]1COc1nc2c(F)c(-c3cc(O)cc4ccccc34)c(CCC#N)cc2c(N(C(=O)OC(C)(C)C)C2C3CCC2C3)c1C#CCO[Si](C)(C)C(C)(C)C. The van der Waals surface area contributed by atoms with Crippen LogP contribution in [0.1, 0.15) is 91.2 Å². The number of aryl methyl sites for hydroxylation is 1. The van der Waals surface area contributed by atoms with Crippen molar-refractivity contribution in [2.75, 3.05) is 31.7 Å². The Kier molecular flexibility index (Phi) is 11.8. The normalized spacial score (nSPS) is 20.6. The summed E-state index contributed by atoms with van der Waals surface area (Å²) < 4.78 is 37.5. The maximum Gasteiger partial charge on any atom is 0.415 e. The number of pyridine rings is 1. The minimum atomic E-state index is -2.17. The third-order valence-corrected chi connectivity index (χ3v) is 17.6. The van der Waals surface area contributed by atoms with Crippen molar-refractivity contribution in [3.8, 4) is 40.7 Å². The van der Waals surface area contributed by atoms with Crippen LogP contribution in [0.15, 0.2) is 42.5 Å². The van der Waals surface area contributed by atoms with E-state index in [2.05, 4.69) is 63.7 Å². The summed E-state index contributed by atoms with van der Waals surface area (Å²) in [5.74, 6) is 6.66. The summed E-state index contributed by atoms with van der Waals surface area (Å²) in [5, 5.41) is 22.6. The highest BCUT2D eigenvalue weighted by atomic mass is 28.4. The lowest BCUT2D eigenvalue weighted by Gasteiger charge is -2.45. The first-order valence-corrected chi connectivity index (χ1v) is 24.1. The van der Waals surface area contributed by atoms with Crippen molar-refractivity contribution in [2.45, 2.75) is 122 Å². The molecule has 2 unspecified atom stereocenters. The van der Waals surface area contributed by atoms with E-state index in [0.29, 0.717) is 34.4 Å². The molecule has 0 spiro atoms. The molecule has 4 fully saturated rings. The van der Waals surface area contributed by atoms with Crippen molar-refractivity contribution in [1.82, 2.24) is 9.88 Å². The summed E-state index contributed by atoms with van der Waals surface area (Å²) in [6.07, 6.45) is 4.75. The topological polar surface area (TPSA) is 108 Å². The number of amides is 1. The number of halogens is 1. The smallest absolute Gasteiger partial charge is 0.415 e. The number of fused-ring (bicyclic) bond motifs is 3. The molecule has 1 aromatic heterocycles. The number of nitrogens with zero attached hydrogens (tertiary/aromatic N) is 4. The molecular weight excluding hydrogens is 760 g/mol. The minimum absolute atomic E-state index is 0.00937. The minimum Gasteiger partial charge on any atom is -0.508 e. The second-order valence-corrected chi connectivity index (χ2v) is 24.1. The van der Waals surface area contributed by atoms with E-state index in [1.54, 1.807) is 17.0 Å². The molecule has 0 radical (unpaired) electrons. The quantitative estimate of drug-likeness (QED) is 0.124. The molecule has 8 rings (SSSR count). The van der Waals surface area contributed by atoms with Crippen LogP contribution in [-0.2, 0) is 15.6 Å². The van der Waals surface area contributed by atoms with E-state index in [-0.39, 0.29) is 71.1 Å². The lowest BCUT2D eigenvalue weighted by molar-refractivity contribution is 0.0513. The zero-order valence-electron chi connectivity index (χ0n) is 36.2. The maximum atomic E-state index is 18.1. The second-order valence-electron chi connectivity index (χ2n) is 19.2. The summed E-state index contributed by atoms with van der Waals surface area (Å²) in [5.41, 5.74) is 1.27. The molecule has 4 aromatic rings. The Morgan fingerprint density at radius 2 is 1.80 bits per heavy atom. The Hall–Kier alpha value is -4.68. The predicted octanol–water partition coefficient (Wildman–Crippen LogP) is 10.7. The van der Waals surface area contributed by atoms with Crippen molar-refractivity contribution in [1.29, 1.82) is 5.26 Å². The Morgan fingerprint density at radius 3 is 2.44 bits per heavy atom. The molecule has 3 aromatic carbocycles. The summed E-state index contributed by atoms with van der Waals surface area (Å²) in [4.78, 5) is 23.8. The van der Waals surface area contributed by atoms with Crippen molar-refractivity contribution < 1.29 is 28.2 Å². The Bertz CT molecular complexity index is 2350. The fourth-order valence-corrected chi connectivity index (χ4v) is 9.77. The van der Waals surface area contributed by atoms with Crippen LogP contribution < -0.4 is 9.64 Å². The zero-order chi connectivity index (χ0) is 42.4. The molecule has 1 saturated heterocycles. The van der Waals surface area contributed by atoms with E-state index in [9.17, 15) is 15.2 Å². The van der Waals surface area contributed by atoms with Gasteiger partial charge in [-0.3, -0.25) is 4.90 Å². The number of ether oxygens (including phenoxy) is 2. The first kappa shape index (κ1) is 42.4. The number of nitriles is 1. The van der Waals surface area contributed by atoms with Crippen molar-refractivity contribution in [2.24, 2.45) is 11.8 Å². The van der Waals surface area contributed by atoms with Gasteiger partial charge in [0, 0.05) is 29.5 Å². The molecule has 312 valence electrons. The van der Waals surface area contributed by atoms with Crippen LogP contribution in [0.4, 0.5) is 14.9 Å². The molecule has 1 N–H and O–H groups in total. The van der Waals surface area contributed by atoms with Crippen LogP contribution in [0.2, 0.25) is 18.1 Å². The molecule has 59 heavy (non-hydrogen) atoms. The molecule has 3 atom stereocenters. The van der Waals surface area contributed by atoms with Gasteiger partial charge in [-0.2, -0.15) is 5.26 Å². The third-order valence-electron chi connectivity index (χ3n) is 13.1. The monoisotopic (exact) mass is 818 g/mol. The molecule has 1 amide bonds. The van der Waals surface area contributed by atoms with Crippen LogP contribution in [0.3, 0.4) is 0 Å². The number of benzene rings is 3. The van der Waals surface area contributed by atoms with Gasteiger partial charge in [0.2, 0.25) is 5.88 Å². The molecule has 2 heterocycles. The average Bonchev–Trinajstić information content (AvgIpc) is 3.91. The molecule has 11 heteroatoms. The highest BCUT2D eigenvalue weighted by Gasteiger charge is 2.53. The molecule has 1 aliphatic heterocycles. The van der Waals surface area contributed by atoms with E-state index >= 15 is 4.39 Å². The Morgan fingerprint density at radius 1 is 1.07 bits per heavy atom. The van der Waals surface area contributed by atoms with Crippen LogP contribution in [0, 0.1) is 40.8 Å². The summed E-state index contributed by atoms with van der Waals surface area (Å²) in [7, 11) is -0.0954. The number of aromatic nitrogens is 1. The van der Waals surface area contributed by atoms with Crippen LogP contribution in [0.5, 0.6) is 11.6 Å². The number of aromatic hydroxyl groups is 1. The predicted molar refractivity (Wildman–Crippen MR) is 235 cm³/mol. The molecular formula is C48H59FN4O5Si. The van der Waals surface area contributed by atoms with E-state index in [0.717, 1.165) is 49.4 Å². The summed E-state index contributed by atoms with van der Waals surface area (Å²) in [6, 6.07) is 14.8. The number of anilines is 1. The maximum absolute atomic E-state index is 18.1. The fourth-order valence-electron chi connectivity index (χ4n) is 8.90. The molecule has 2 bridgehead atoms. The van der Waals surface area contributed by atoms with Crippen molar-refractivity contribution >= 4 is 41.8 Å². The van der Waals surface area contributed by atoms with Gasteiger partial charge in [-0.25, -0.2) is 14.2 Å². The van der Waals surface area contributed by atoms with Gasteiger partial charge in [-0.1, -0.05) is 56.9 Å². The fraction of sp³-hybridized carbons (Fsp3) is 0.521. The van der Waals surface area contributed by atoms with Gasteiger partial charge in [0.15, 0.2) is 14.1 Å². The van der Waals surface area contributed by atoms with Crippen molar-refractivity contribution in [3.05, 3.63) is 59.4 Å². The highest BCUT2D eigenvalue weighted by molar-refractivity contribution is 6.74. The Balaban J connectivity index is 1.54. The van der Waals surface area contributed by atoms with E-state index in [4.69, 9.17) is 18.9 Å². The largest absolute Gasteiger partial charge is 0.508 e. The van der Waals surface area contributed by atoms with Gasteiger partial charge in [0.05, 0.1) is 18.4 Å². The lowest BCUT2D eigenvalue weighted by Crippen LogP contribution is -2.53. The van der Waals surface area contributed by atoms with Crippen LogP contribution >= 0.6 is 0 Å². The van der Waals surface area contributed by atoms with Crippen molar-refractivity contribution in [3.63, 3.8) is 0 Å². The average molecular weight is 819 g/mol. The van der Waals surface area contributed by atoms with Crippen LogP contribution in [0.25, 0.3) is 32.8 Å². The number of hydrogen-bond acceptors (Lipinski definition) is 8. The summed E-state index contributed by atoms with van der Waals surface area (Å²) in [6.45, 7) is 17.9. The number of likely N-dealkylation sites (N-methyl/N-ethyl adjacent to an activating group) is 1. The number of rotatable bonds is 10. The van der Waals surface area contributed by atoms with Gasteiger partial charge in [-0.05, 0) is 143 Å². The molecule has 3 saturated carbocycles. The lowest BCUT2D eigenvalue weighted by atomic mass is 9.77. The summed E-state index contributed by atoms with van der Waals surface area (Å²) >= 11 is 0. The van der Waals surface area contributed by atoms with E-state index < -0.39 is 25.8 Å². The number of carbonyl (C=O) groups is 1.